The summed E-state index contributed by atoms with van der Waals surface area (Å²) in [5.41, 5.74) is 0.0380. The highest BCUT2D eigenvalue weighted by Crippen LogP contribution is 2.32. The molecule has 5 nitrogen and oxygen atoms in total. The highest BCUT2D eigenvalue weighted by Gasteiger charge is 2.37. The van der Waals surface area contributed by atoms with Crippen molar-refractivity contribution in [2.24, 2.45) is 0 Å². The van der Waals surface area contributed by atoms with Gasteiger partial charge in [0.25, 0.3) is 0 Å². The molecule has 3 N–H and O–H groups in total. The normalized spacial score (nSPS) is 32.2. The van der Waals surface area contributed by atoms with E-state index in [4.69, 9.17) is 4.74 Å². The number of urea groups is 1. The van der Waals surface area contributed by atoms with Gasteiger partial charge in [-0.3, -0.25) is 0 Å². The molecule has 2 rings (SSSR count). The fraction of sp³-hybridized carbons (Fsp3) is 0.923. The van der Waals surface area contributed by atoms with Crippen molar-refractivity contribution >= 4 is 6.03 Å². The zero-order chi connectivity index (χ0) is 12.8. The minimum absolute atomic E-state index is 0.0273. The first kappa shape index (κ1) is 13.6. The zero-order valence-electron chi connectivity index (χ0n) is 11.3. The number of nitrogens with one attached hydrogen (secondary N) is 3. The van der Waals surface area contributed by atoms with Gasteiger partial charge in [0.15, 0.2) is 0 Å². The van der Waals surface area contributed by atoms with Crippen molar-refractivity contribution in [3.63, 3.8) is 0 Å². The summed E-state index contributed by atoms with van der Waals surface area (Å²) in [4.78, 5) is 11.6. The fourth-order valence-electron chi connectivity index (χ4n) is 2.79. The number of morpholine rings is 1. The van der Waals surface area contributed by atoms with E-state index < -0.39 is 0 Å². The van der Waals surface area contributed by atoms with Crippen LogP contribution in [0.4, 0.5) is 4.79 Å². The van der Waals surface area contributed by atoms with Crippen molar-refractivity contribution in [3.8, 4) is 0 Å². The van der Waals surface area contributed by atoms with E-state index in [9.17, 15) is 4.79 Å². The summed E-state index contributed by atoms with van der Waals surface area (Å²) in [6, 6.07) is 0.276. The predicted molar refractivity (Wildman–Crippen MR) is 70.6 cm³/mol. The van der Waals surface area contributed by atoms with Gasteiger partial charge in [0.1, 0.15) is 0 Å². The monoisotopic (exact) mass is 255 g/mol. The van der Waals surface area contributed by atoms with E-state index in [0.29, 0.717) is 6.04 Å². The Morgan fingerprint density at radius 1 is 1.44 bits per heavy atom. The van der Waals surface area contributed by atoms with Gasteiger partial charge in [0, 0.05) is 25.7 Å². The molecule has 104 valence electrons. The van der Waals surface area contributed by atoms with Gasteiger partial charge in [-0.25, -0.2) is 4.79 Å². The minimum Gasteiger partial charge on any atom is -0.372 e. The van der Waals surface area contributed by atoms with Gasteiger partial charge in [-0.2, -0.15) is 0 Å². The van der Waals surface area contributed by atoms with Crippen LogP contribution in [-0.2, 0) is 4.74 Å². The number of ether oxygens (including phenoxy) is 1. The van der Waals surface area contributed by atoms with Gasteiger partial charge in [-0.15, -0.1) is 0 Å². The molecule has 0 aromatic rings. The molecule has 2 amide bonds. The SMILES string of the molecule is CCCNC(=O)NC1CCC2(CC1)CNCCO2. The first-order valence-electron chi connectivity index (χ1n) is 7.13. The first-order chi connectivity index (χ1) is 8.74. The third kappa shape index (κ3) is 3.59. The number of rotatable bonds is 3. The summed E-state index contributed by atoms with van der Waals surface area (Å²) in [7, 11) is 0. The Morgan fingerprint density at radius 2 is 2.22 bits per heavy atom. The van der Waals surface area contributed by atoms with E-state index in [2.05, 4.69) is 22.9 Å². The Kier molecular flexibility index (Phi) is 4.83. The smallest absolute Gasteiger partial charge is 0.315 e. The molecule has 1 saturated carbocycles. The molecule has 2 aliphatic rings. The van der Waals surface area contributed by atoms with Gasteiger partial charge in [-0.1, -0.05) is 6.92 Å². The van der Waals surface area contributed by atoms with Crippen LogP contribution in [0.1, 0.15) is 39.0 Å². The number of carbonyl (C=O) groups excluding carboxylic acids is 1. The van der Waals surface area contributed by atoms with Gasteiger partial charge < -0.3 is 20.7 Å². The number of carbonyl (C=O) groups is 1. The van der Waals surface area contributed by atoms with Crippen molar-refractivity contribution in [2.45, 2.75) is 50.7 Å². The molecule has 0 aromatic carbocycles. The molecule has 1 heterocycles. The molecular weight excluding hydrogens is 230 g/mol. The Labute approximate surface area is 109 Å². The van der Waals surface area contributed by atoms with Crippen LogP contribution in [0.5, 0.6) is 0 Å². The van der Waals surface area contributed by atoms with Gasteiger partial charge >= 0.3 is 6.03 Å². The van der Waals surface area contributed by atoms with Crippen molar-refractivity contribution in [3.05, 3.63) is 0 Å². The van der Waals surface area contributed by atoms with E-state index >= 15 is 0 Å². The molecule has 1 aliphatic heterocycles. The van der Waals surface area contributed by atoms with Gasteiger partial charge in [0.05, 0.1) is 12.2 Å². The quantitative estimate of drug-likeness (QED) is 0.705. The van der Waals surface area contributed by atoms with Crippen LogP contribution in [0.2, 0.25) is 0 Å². The summed E-state index contributed by atoms with van der Waals surface area (Å²) in [6.07, 6.45) is 5.08. The Hall–Kier alpha value is -0.810. The van der Waals surface area contributed by atoms with Crippen molar-refractivity contribution in [2.75, 3.05) is 26.2 Å². The average molecular weight is 255 g/mol. The van der Waals surface area contributed by atoms with E-state index in [1.807, 2.05) is 0 Å². The molecule has 1 spiro atoms. The minimum atomic E-state index is -0.0273. The molecule has 0 aromatic heterocycles. The lowest BCUT2D eigenvalue weighted by Crippen LogP contribution is -2.54. The predicted octanol–water partition coefficient (Wildman–Crippen LogP) is 0.997. The highest BCUT2D eigenvalue weighted by molar-refractivity contribution is 5.74. The van der Waals surface area contributed by atoms with Crippen LogP contribution in [-0.4, -0.2) is 43.9 Å². The maximum absolute atomic E-state index is 11.6. The van der Waals surface area contributed by atoms with Crippen molar-refractivity contribution < 1.29 is 9.53 Å². The average Bonchev–Trinajstić information content (AvgIpc) is 2.40. The molecule has 18 heavy (non-hydrogen) atoms. The molecule has 0 radical (unpaired) electrons. The largest absolute Gasteiger partial charge is 0.372 e. The van der Waals surface area contributed by atoms with E-state index in [-0.39, 0.29) is 11.6 Å². The van der Waals surface area contributed by atoms with Crippen LogP contribution in [0.25, 0.3) is 0 Å². The standard InChI is InChI=1S/C13H25N3O2/c1-2-7-15-12(17)16-11-3-5-13(6-4-11)10-14-8-9-18-13/h11,14H,2-10H2,1H3,(H2,15,16,17). The lowest BCUT2D eigenvalue weighted by atomic mass is 9.81. The second-order valence-corrected chi connectivity index (χ2v) is 5.38. The van der Waals surface area contributed by atoms with Crippen molar-refractivity contribution in [1.29, 1.82) is 0 Å². The lowest BCUT2D eigenvalue weighted by molar-refractivity contribution is -0.0907. The third-order valence-corrected chi connectivity index (χ3v) is 3.90. The summed E-state index contributed by atoms with van der Waals surface area (Å²) in [5.74, 6) is 0. The molecule has 2 fully saturated rings. The molecule has 0 atom stereocenters. The maximum atomic E-state index is 11.6. The molecular formula is C13H25N3O2. The summed E-state index contributed by atoms with van der Waals surface area (Å²) < 4.78 is 5.93. The zero-order valence-corrected chi connectivity index (χ0v) is 11.3. The van der Waals surface area contributed by atoms with E-state index in [0.717, 1.165) is 58.3 Å². The van der Waals surface area contributed by atoms with Crippen LogP contribution in [0.15, 0.2) is 0 Å². The fourth-order valence-corrected chi connectivity index (χ4v) is 2.79. The molecule has 0 bridgehead atoms. The Bertz CT molecular complexity index is 267. The van der Waals surface area contributed by atoms with Crippen LogP contribution in [0.3, 0.4) is 0 Å². The molecule has 1 aliphatic carbocycles. The first-order valence-corrected chi connectivity index (χ1v) is 7.13. The summed E-state index contributed by atoms with van der Waals surface area (Å²) in [5, 5.41) is 9.31. The second-order valence-electron chi connectivity index (χ2n) is 5.38. The number of hydrogen-bond donors (Lipinski definition) is 3. The number of amides is 2. The molecule has 1 saturated heterocycles. The topological polar surface area (TPSA) is 62.4 Å². The van der Waals surface area contributed by atoms with Gasteiger partial charge in [-0.05, 0) is 32.1 Å². The van der Waals surface area contributed by atoms with Gasteiger partial charge in [0.2, 0.25) is 0 Å². The summed E-state index contributed by atoms with van der Waals surface area (Å²) >= 11 is 0. The van der Waals surface area contributed by atoms with Crippen molar-refractivity contribution in [1.82, 2.24) is 16.0 Å². The van der Waals surface area contributed by atoms with Crippen LogP contribution in [0, 0.1) is 0 Å². The second kappa shape index (κ2) is 6.38. The number of hydrogen-bond acceptors (Lipinski definition) is 3. The van der Waals surface area contributed by atoms with E-state index in [1.165, 1.54) is 0 Å². The molecule has 5 heteroatoms. The summed E-state index contributed by atoms with van der Waals surface area (Å²) in [6.45, 7) is 5.53. The van der Waals surface area contributed by atoms with E-state index in [1.54, 1.807) is 0 Å². The van der Waals surface area contributed by atoms with Crippen LogP contribution < -0.4 is 16.0 Å². The highest BCUT2D eigenvalue weighted by atomic mass is 16.5. The molecule has 0 unspecified atom stereocenters. The third-order valence-electron chi connectivity index (χ3n) is 3.90. The Morgan fingerprint density at radius 3 is 2.83 bits per heavy atom. The Balaban J connectivity index is 1.71. The maximum Gasteiger partial charge on any atom is 0.315 e. The van der Waals surface area contributed by atoms with Crippen LogP contribution >= 0.6 is 0 Å². The lowest BCUT2D eigenvalue weighted by Gasteiger charge is -2.42.